The number of carbonyl (C=O) groups is 4. The van der Waals surface area contributed by atoms with Crippen molar-refractivity contribution in [1.82, 2.24) is 45.6 Å². The Bertz CT molecular complexity index is 3390. The van der Waals surface area contributed by atoms with Crippen molar-refractivity contribution in [2.24, 2.45) is 4.99 Å². The molecule has 1 fully saturated rings. The van der Waals surface area contributed by atoms with Crippen molar-refractivity contribution in [1.29, 1.82) is 0 Å². The number of anilines is 2. The Kier molecular flexibility index (Phi) is 22.8. The summed E-state index contributed by atoms with van der Waals surface area (Å²) in [5.74, 6) is -1.14. The predicted molar refractivity (Wildman–Crippen MR) is 320 cm³/mol. The van der Waals surface area contributed by atoms with E-state index in [1.807, 2.05) is 35.8 Å². The minimum Gasteiger partial charge on any atom is -0.486 e. The van der Waals surface area contributed by atoms with Gasteiger partial charge in [0.25, 0.3) is 5.91 Å². The van der Waals surface area contributed by atoms with Gasteiger partial charge in [0.05, 0.1) is 70.6 Å². The molecule has 6 N–H and O–H groups in total. The van der Waals surface area contributed by atoms with Crippen LogP contribution in [0.2, 0.25) is 5.02 Å². The van der Waals surface area contributed by atoms with Gasteiger partial charge in [-0.3, -0.25) is 33.6 Å². The molecule has 85 heavy (non-hydrogen) atoms. The zero-order chi connectivity index (χ0) is 60.6. The fraction of sp³-hybridized carbons (Fsp3) is 0.417. The van der Waals surface area contributed by atoms with Gasteiger partial charge < -0.3 is 50.7 Å². The lowest BCUT2D eigenvalue weighted by atomic mass is 9.99. The summed E-state index contributed by atoms with van der Waals surface area (Å²) in [7, 11) is 1.77. The van der Waals surface area contributed by atoms with Gasteiger partial charge in [-0.2, -0.15) is 0 Å². The predicted octanol–water partition coefficient (Wildman–Crippen LogP) is 7.32. The average Bonchev–Trinajstić information content (AvgIpc) is 2.10. The molecule has 0 radical (unpaired) electrons. The molecule has 3 aromatic carbocycles. The number of rotatable bonds is 32. The van der Waals surface area contributed by atoms with E-state index in [0.717, 1.165) is 62.6 Å². The standard InChI is InChI=1S/C60H71ClF2N12O9S/c1-35(33-74(6)19-22-84-55-54(68-34-69-56(55)64)46-30-44(62)31-48(37(46)3)71-59(79)45-14-11-42(29-47(45)63)40-7-8-40)58(78)67-17-16-65-50(76)15-20-80-23-25-82-27-28-83-26-24-81-21-18-66-51(77)32-49-57-73-72-39(5)75(57)60-52(36(2)38(4)85-60)53(70-49)41-9-12-43(61)13-10-41/h9-14,29-31,34,40,49H,1,7-8,15-28,32-33H2,2-6H3,(H,65,76)(H,66,77)(H,67,78)(H,71,79)(H2,64,68,69). The zero-order valence-electron chi connectivity index (χ0n) is 48.3. The first-order valence-corrected chi connectivity index (χ1v) is 29.2. The van der Waals surface area contributed by atoms with Crippen LogP contribution in [0.15, 0.2) is 78.1 Å². The van der Waals surface area contributed by atoms with Gasteiger partial charge in [-0.25, -0.2) is 18.7 Å². The van der Waals surface area contributed by atoms with Crippen LogP contribution in [-0.4, -0.2) is 158 Å². The van der Waals surface area contributed by atoms with Crippen LogP contribution in [0.5, 0.6) is 5.75 Å². The molecule has 4 amide bonds. The Hall–Kier alpha value is -7.58. The molecule has 21 nitrogen and oxygen atoms in total. The first kappa shape index (κ1) is 63.4. The van der Waals surface area contributed by atoms with E-state index in [-0.39, 0.29) is 103 Å². The molecule has 452 valence electrons. The summed E-state index contributed by atoms with van der Waals surface area (Å²) in [5.41, 5.74) is 12.0. The van der Waals surface area contributed by atoms with E-state index < -0.39 is 23.6 Å². The fourth-order valence-electron chi connectivity index (χ4n) is 9.29. The number of hydrogen-bond donors (Lipinski definition) is 5. The van der Waals surface area contributed by atoms with E-state index in [1.165, 1.54) is 24.5 Å². The number of fused-ring (bicyclic) bond motifs is 3. The Morgan fingerprint density at radius 1 is 0.812 bits per heavy atom. The third kappa shape index (κ3) is 17.3. The van der Waals surface area contributed by atoms with Crippen LogP contribution in [0.4, 0.5) is 20.3 Å². The van der Waals surface area contributed by atoms with Crippen molar-refractivity contribution in [3.63, 3.8) is 0 Å². The summed E-state index contributed by atoms with van der Waals surface area (Å²) in [6, 6.07) is 13.9. The van der Waals surface area contributed by atoms with Crippen LogP contribution in [0.25, 0.3) is 16.3 Å². The molecule has 1 saturated carbocycles. The van der Waals surface area contributed by atoms with E-state index >= 15 is 4.39 Å². The van der Waals surface area contributed by atoms with Crippen LogP contribution in [0, 0.1) is 39.3 Å². The summed E-state index contributed by atoms with van der Waals surface area (Å²) in [5, 5.41) is 21.5. The molecule has 0 bridgehead atoms. The van der Waals surface area contributed by atoms with Crippen LogP contribution in [0.3, 0.4) is 0 Å². The molecule has 3 aromatic heterocycles. The second-order valence-corrected chi connectivity index (χ2v) is 22.1. The number of thiophene rings is 1. The third-order valence-electron chi connectivity index (χ3n) is 14.1. The summed E-state index contributed by atoms with van der Waals surface area (Å²) in [4.78, 5) is 68.0. The number of ether oxygens (including phenoxy) is 5. The molecule has 25 heteroatoms. The van der Waals surface area contributed by atoms with E-state index in [1.54, 1.807) is 36.3 Å². The number of nitrogens with zero attached hydrogens (tertiary/aromatic N) is 7. The summed E-state index contributed by atoms with van der Waals surface area (Å²) < 4.78 is 60.4. The maximum absolute atomic E-state index is 15.1. The molecule has 0 spiro atoms. The minimum atomic E-state index is -0.727. The number of aliphatic imine (C=N–C) groups is 1. The van der Waals surface area contributed by atoms with Crippen LogP contribution in [-0.2, 0) is 33.3 Å². The normalized spacial score (nSPS) is 13.6. The van der Waals surface area contributed by atoms with Gasteiger partial charge in [-0.1, -0.05) is 36.4 Å². The van der Waals surface area contributed by atoms with E-state index in [9.17, 15) is 23.6 Å². The van der Waals surface area contributed by atoms with Crippen LogP contribution in [0.1, 0.15) is 92.3 Å². The number of halogens is 3. The van der Waals surface area contributed by atoms with Crippen molar-refractivity contribution < 1.29 is 51.6 Å². The van der Waals surface area contributed by atoms with Gasteiger partial charge >= 0.3 is 0 Å². The molecule has 1 atom stereocenters. The maximum atomic E-state index is 15.1. The highest BCUT2D eigenvalue weighted by atomic mass is 35.5. The number of benzene rings is 3. The van der Waals surface area contributed by atoms with Gasteiger partial charge in [0.15, 0.2) is 17.4 Å². The largest absolute Gasteiger partial charge is 0.486 e. The molecule has 1 aliphatic heterocycles. The zero-order valence-corrected chi connectivity index (χ0v) is 49.9. The van der Waals surface area contributed by atoms with Gasteiger partial charge in [-0.05, 0) is 107 Å². The third-order valence-corrected chi connectivity index (χ3v) is 15.6. The highest BCUT2D eigenvalue weighted by Gasteiger charge is 2.33. The fourth-order valence-corrected chi connectivity index (χ4v) is 10.6. The second-order valence-electron chi connectivity index (χ2n) is 20.5. The SMILES string of the molecule is C=C(CN(C)CCOc1c(N)ncnc1-c1cc(F)cc(NC(=O)c2ccc(C3CC3)cc2F)c1C)C(=O)NCCNC(=O)CCOCCOCCOCCOCCNC(=O)CC1N=C(c2ccc(Cl)cc2)c2c(sc(C)c2C)-n2c(C)nnc21. The molecule has 0 saturated heterocycles. The van der Waals surface area contributed by atoms with Crippen molar-refractivity contribution in [2.75, 3.05) is 110 Å². The van der Waals surface area contributed by atoms with Gasteiger partial charge in [0, 0.05) is 77.0 Å². The quantitative estimate of drug-likeness (QED) is 0.0205. The highest BCUT2D eigenvalue weighted by Crippen LogP contribution is 2.42. The average molecular weight is 1210 g/mol. The van der Waals surface area contributed by atoms with Crippen LogP contribution >= 0.6 is 22.9 Å². The first-order chi connectivity index (χ1) is 41.0. The minimum absolute atomic E-state index is 0.000830. The number of nitrogen functional groups attached to an aromatic ring is 1. The Morgan fingerprint density at radius 3 is 2.20 bits per heavy atom. The van der Waals surface area contributed by atoms with Gasteiger partial charge in [0.2, 0.25) is 17.7 Å². The van der Waals surface area contributed by atoms with Crippen molar-refractivity contribution in [3.05, 3.63) is 140 Å². The number of carbonyl (C=O) groups excluding carboxylic acids is 4. The van der Waals surface area contributed by atoms with Crippen LogP contribution < -0.4 is 31.7 Å². The summed E-state index contributed by atoms with van der Waals surface area (Å²) in [6.07, 6.45) is 3.39. The maximum Gasteiger partial charge on any atom is 0.258 e. The molecule has 6 aromatic rings. The summed E-state index contributed by atoms with van der Waals surface area (Å²) >= 11 is 7.88. The van der Waals surface area contributed by atoms with Gasteiger partial charge in [-0.15, -0.1) is 21.5 Å². The Labute approximate surface area is 501 Å². The topological polar surface area (TPSA) is 261 Å². The molecular formula is C60H71ClF2N12O9S. The first-order valence-electron chi connectivity index (χ1n) is 28.0. The molecule has 4 heterocycles. The lowest BCUT2D eigenvalue weighted by Gasteiger charge is -2.20. The highest BCUT2D eigenvalue weighted by molar-refractivity contribution is 7.15. The summed E-state index contributed by atoms with van der Waals surface area (Å²) in [6.45, 7) is 15.4. The second kappa shape index (κ2) is 30.5. The molecule has 1 aliphatic carbocycles. The number of aromatic nitrogens is 5. The van der Waals surface area contributed by atoms with Gasteiger partial charge in [0.1, 0.15) is 47.1 Å². The monoisotopic (exact) mass is 1210 g/mol. The van der Waals surface area contributed by atoms with E-state index in [0.29, 0.717) is 81.7 Å². The van der Waals surface area contributed by atoms with E-state index in [4.69, 9.17) is 46.0 Å². The van der Waals surface area contributed by atoms with Crippen molar-refractivity contribution >= 4 is 63.8 Å². The lowest BCUT2D eigenvalue weighted by molar-refractivity contribution is -0.123. The number of hydrogen-bond acceptors (Lipinski definition) is 17. The lowest BCUT2D eigenvalue weighted by Crippen LogP contribution is -2.37. The Morgan fingerprint density at radius 2 is 1.49 bits per heavy atom. The van der Waals surface area contributed by atoms with E-state index in [2.05, 4.69) is 61.9 Å². The molecule has 1 unspecified atom stereocenters. The number of amides is 4. The molecule has 2 aliphatic rings. The number of nitrogens with two attached hydrogens (primary N) is 1. The number of aryl methyl sites for hydroxylation is 2. The number of likely N-dealkylation sites (N-methyl/N-ethyl adjacent to an activating group) is 1. The smallest absolute Gasteiger partial charge is 0.258 e. The Balaban J connectivity index is 0.629. The molecular weight excluding hydrogens is 1140 g/mol. The molecule has 8 rings (SSSR count). The number of nitrogens with one attached hydrogen (secondary N) is 4. The van der Waals surface area contributed by atoms with Crippen molar-refractivity contribution in [3.8, 4) is 22.0 Å². The van der Waals surface area contributed by atoms with Crippen molar-refractivity contribution in [2.45, 2.75) is 65.3 Å².